The number of benzene rings is 1. The number of hydrogen-bond donors (Lipinski definition) is 1. The van der Waals surface area contributed by atoms with Crippen LogP contribution in [0.15, 0.2) is 24.3 Å². The van der Waals surface area contributed by atoms with Gasteiger partial charge in [0, 0.05) is 13.2 Å². The first-order valence-corrected chi connectivity index (χ1v) is 9.77. The van der Waals surface area contributed by atoms with E-state index >= 15 is 0 Å². The van der Waals surface area contributed by atoms with Crippen molar-refractivity contribution in [1.82, 2.24) is 10.2 Å². The summed E-state index contributed by atoms with van der Waals surface area (Å²) in [4.78, 5) is 14.5. The Hall–Kier alpha value is -1.43. The Bertz CT molecular complexity index is 539. The normalized spacial score (nSPS) is 20.0. The van der Waals surface area contributed by atoms with Crippen molar-refractivity contribution in [2.75, 3.05) is 33.9 Å². The molecule has 2 rings (SSSR count). The maximum atomic E-state index is 12.4. The average molecular weight is 363 g/mol. The smallest absolute Gasteiger partial charge is 0.248 e. The first-order chi connectivity index (χ1) is 12.5. The van der Waals surface area contributed by atoms with Crippen LogP contribution in [0.2, 0.25) is 0 Å². The third kappa shape index (κ3) is 6.38. The Morgan fingerprint density at radius 1 is 1.31 bits per heavy atom. The highest BCUT2D eigenvalue weighted by Crippen LogP contribution is 2.18. The van der Waals surface area contributed by atoms with E-state index in [0.717, 1.165) is 25.9 Å². The Labute approximate surface area is 158 Å². The van der Waals surface area contributed by atoms with Crippen LogP contribution >= 0.6 is 0 Å². The van der Waals surface area contributed by atoms with Gasteiger partial charge in [-0.05, 0) is 57.8 Å². The molecule has 0 saturated carbocycles. The molecule has 0 aliphatic carbocycles. The fraction of sp³-hybridized carbons (Fsp3) is 0.667. The predicted octanol–water partition coefficient (Wildman–Crippen LogP) is 2.94. The number of carbonyl (C=O) groups excluding carboxylic acids is 1. The molecule has 3 unspecified atom stereocenters. The minimum Gasteiger partial charge on any atom is -0.376 e. The minimum absolute atomic E-state index is 0.0714. The minimum atomic E-state index is -0.467. The number of nitrogens with one attached hydrogen (secondary N) is 1. The van der Waals surface area contributed by atoms with Crippen molar-refractivity contribution >= 4 is 5.91 Å². The molecule has 1 amide bonds. The van der Waals surface area contributed by atoms with Gasteiger partial charge < -0.3 is 19.7 Å². The molecule has 26 heavy (non-hydrogen) atoms. The molecule has 0 bridgehead atoms. The lowest BCUT2D eigenvalue weighted by Crippen LogP contribution is -2.41. The van der Waals surface area contributed by atoms with Gasteiger partial charge in [-0.3, -0.25) is 4.79 Å². The van der Waals surface area contributed by atoms with Crippen molar-refractivity contribution in [3.63, 3.8) is 0 Å². The molecule has 1 fully saturated rings. The summed E-state index contributed by atoms with van der Waals surface area (Å²) >= 11 is 0. The number of rotatable bonds is 9. The highest BCUT2D eigenvalue weighted by molar-refractivity contribution is 5.80. The third-order valence-corrected chi connectivity index (χ3v) is 5.04. The largest absolute Gasteiger partial charge is 0.376 e. The van der Waals surface area contributed by atoms with Crippen molar-refractivity contribution in [2.24, 2.45) is 0 Å². The van der Waals surface area contributed by atoms with Gasteiger partial charge in [0.1, 0.15) is 6.10 Å². The molecule has 146 valence electrons. The summed E-state index contributed by atoms with van der Waals surface area (Å²) in [6.07, 6.45) is 4.01. The molecular weight excluding hydrogens is 328 g/mol. The summed E-state index contributed by atoms with van der Waals surface area (Å²) in [5, 5.41) is 3.03. The van der Waals surface area contributed by atoms with E-state index in [1.54, 1.807) is 6.92 Å². The van der Waals surface area contributed by atoms with Crippen molar-refractivity contribution in [3.05, 3.63) is 35.4 Å². The molecule has 5 nitrogen and oxygen atoms in total. The van der Waals surface area contributed by atoms with E-state index in [1.165, 1.54) is 17.5 Å². The van der Waals surface area contributed by atoms with Gasteiger partial charge in [-0.25, -0.2) is 0 Å². The molecule has 1 aliphatic rings. The van der Waals surface area contributed by atoms with Gasteiger partial charge in [0.15, 0.2) is 0 Å². The molecule has 1 heterocycles. The van der Waals surface area contributed by atoms with Gasteiger partial charge in [0.2, 0.25) is 5.91 Å². The highest BCUT2D eigenvalue weighted by Gasteiger charge is 2.21. The number of likely N-dealkylation sites (N-methyl/N-ethyl adjacent to an activating group) is 1. The molecule has 0 radical (unpaired) electrons. The molecule has 1 aliphatic heterocycles. The van der Waals surface area contributed by atoms with Crippen LogP contribution in [-0.4, -0.2) is 56.9 Å². The van der Waals surface area contributed by atoms with Crippen LogP contribution in [-0.2, 0) is 20.7 Å². The molecule has 0 spiro atoms. The Morgan fingerprint density at radius 2 is 2.04 bits per heavy atom. The van der Waals surface area contributed by atoms with E-state index in [9.17, 15) is 4.79 Å². The quantitative estimate of drug-likeness (QED) is 0.734. The molecular formula is C21H34N2O3. The maximum absolute atomic E-state index is 12.4. The van der Waals surface area contributed by atoms with E-state index in [-0.39, 0.29) is 18.1 Å². The molecule has 5 heteroatoms. The maximum Gasteiger partial charge on any atom is 0.248 e. The topological polar surface area (TPSA) is 50.8 Å². The summed E-state index contributed by atoms with van der Waals surface area (Å²) in [5.41, 5.74) is 2.53. The third-order valence-electron chi connectivity index (χ3n) is 5.04. The number of nitrogens with zero attached hydrogens (tertiary/aromatic N) is 1. The zero-order chi connectivity index (χ0) is 18.9. The number of carbonyl (C=O) groups is 1. The summed E-state index contributed by atoms with van der Waals surface area (Å²) in [6, 6.07) is 8.75. The van der Waals surface area contributed by atoms with E-state index in [1.807, 2.05) is 14.1 Å². The number of amides is 1. The Morgan fingerprint density at radius 3 is 2.62 bits per heavy atom. The Balaban J connectivity index is 1.81. The van der Waals surface area contributed by atoms with Crippen LogP contribution in [0.1, 0.15) is 50.3 Å². The van der Waals surface area contributed by atoms with Crippen LogP contribution in [0, 0.1) is 0 Å². The number of ether oxygens (including phenoxy) is 2. The monoisotopic (exact) mass is 362 g/mol. The fourth-order valence-electron chi connectivity index (χ4n) is 3.18. The van der Waals surface area contributed by atoms with Gasteiger partial charge in [-0.1, -0.05) is 31.2 Å². The van der Waals surface area contributed by atoms with E-state index in [4.69, 9.17) is 9.47 Å². The number of aryl methyl sites for hydroxylation is 1. The van der Waals surface area contributed by atoms with Gasteiger partial charge in [0.05, 0.1) is 18.8 Å². The molecule has 1 N–H and O–H groups in total. The fourth-order valence-corrected chi connectivity index (χ4v) is 3.18. The van der Waals surface area contributed by atoms with Gasteiger partial charge >= 0.3 is 0 Å². The highest BCUT2D eigenvalue weighted by atomic mass is 16.5. The van der Waals surface area contributed by atoms with Crippen LogP contribution in [0.4, 0.5) is 0 Å². The summed E-state index contributed by atoms with van der Waals surface area (Å²) in [5.74, 6) is -0.0714. The van der Waals surface area contributed by atoms with Gasteiger partial charge in [-0.2, -0.15) is 0 Å². The van der Waals surface area contributed by atoms with Crippen LogP contribution in [0.5, 0.6) is 0 Å². The summed E-state index contributed by atoms with van der Waals surface area (Å²) < 4.78 is 11.4. The average Bonchev–Trinajstić information content (AvgIpc) is 2.67. The summed E-state index contributed by atoms with van der Waals surface area (Å²) in [7, 11) is 4.07. The van der Waals surface area contributed by atoms with Crippen molar-refractivity contribution in [3.8, 4) is 0 Å². The van der Waals surface area contributed by atoms with E-state index in [0.29, 0.717) is 13.2 Å². The van der Waals surface area contributed by atoms with Crippen LogP contribution in [0.25, 0.3) is 0 Å². The van der Waals surface area contributed by atoms with Crippen molar-refractivity contribution < 1.29 is 14.3 Å². The first kappa shape index (κ1) is 20.9. The van der Waals surface area contributed by atoms with Crippen LogP contribution in [0.3, 0.4) is 0 Å². The van der Waals surface area contributed by atoms with Gasteiger partial charge in [0.25, 0.3) is 0 Å². The summed E-state index contributed by atoms with van der Waals surface area (Å²) in [6.45, 7) is 5.81. The SMILES string of the molecule is CCc1ccc(C(CNC(=O)C(C)OCC2CCCCO2)N(C)C)cc1. The second-order valence-corrected chi connectivity index (χ2v) is 7.28. The molecule has 1 aromatic rings. The lowest BCUT2D eigenvalue weighted by Gasteiger charge is -2.27. The molecule has 1 saturated heterocycles. The second kappa shape index (κ2) is 10.7. The van der Waals surface area contributed by atoms with Crippen molar-refractivity contribution in [1.29, 1.82) is 0 Å². The second-order valence-electron chi connectivity index (χ2n) is 7.28. The predicted molar refractivity (Wildman–Crippen MR) is 104 cm³/mol. The number of hydrogen-bond acceptors (Lipinski definition) is 4. The molecule has 3 atom stereocenters. The van der Waals surface area contributed by atoms with E-state index < -0.39 is 6.10 Å². The zero-order valence-electron chi connectivity index (χ0n) is 16.7. The van der Waals surface area contributed by atoms with Crippen LogP contribution < -0.4 is 5.32 Å². The Kier molecular flexibility index (Phi) is 8.55. The van der Waals surface area contributed by atoms with E-state index in [2.05, 4.69) is 41.4 Å². The first-order valence-electron chi connectivity index (χ1n) is 9.77. The van der Waals surface area contributed by atoms with Gasteiger partial charge in [-0.15, -0.1) is 0 Å². The zero-order valence-corrected chi connectivity index (χ0v) is 16.7. The van der Waals surface area contributed by atoms with Crippen molar-refractivity contribution in [2.45, 2.75) is 57.8 Å². The standard InChI is InChI=1S/C21H34N2O3/c1-5-17-9-11-18(12-10-17)20(23(3)4)14-22-21(24)16(2)26-15-19-8-6-7-13-25-19/h9-12,16,19-20H,5-8,13-15H2,1-4H3,(H,22,24). The lowest BCUT2D eigenvalue weighted by atomic mass is 10.0. The molecule has 1 aromatic carbocycles. The molecule has 0 aromatic heterocycles. The lowest BCUT2D eigenvalue weighted by molar-refractivity contribution is -0.135.